The molecule has 16 heavy (non-hydrogen) atoms. The first-order valence-electron chi connectivity index (χ1n) is 5.86. The van der Waals surface area contributed by atoms with Crippen molar-refractivity contribution >= 4 is 11.3 Å². The van der Waals surface area contributed by atoms with Crippen LogP contribution in [0.25, 0.3) is 0 Å². The van der Waals surface area contributed by atoms with Crippen molar-refractivity contribution in [1.82, 2.24) is 10.3 Å². The summed E-state index contributed by atoms with van der Waals surface area (Å²) in [5.74, 6) is 0. The van der Waals surface area contributed by atoms with Crippen molar-refractivity contribution < 1.29 is 4.74 Å². The molecule has 1 aromatic heterocycles. The van der Waals surface area contributed by atoms with Gasteiger partial charge in [0.15, 0.2) is 0 Å². The van der Waals surface area contributed by atoms with Crippen molar-refractivity contribution in [2.45, 2.75) is 51.8 Å². The molecule has 1 atom stereocenters. The molecule has 90 valence electrons. The van der Waals surface area contributed by atoms with Crippen LogP contribution in [0.3, 0.4) is 0 Å². The van der Waals surface area contributed by atoms with Gasteiger partial charge >= 0.3 is 0 Å². The summed E-state index contributed by atoms with van der Waals surface area (Å²) in [5.41, 5.74) is 0.161. The maximum absolute atomic E-state index is 5.63. The number of nitrogens with zero attached hydrogens (tertiary/aromatic N) is 1. The topological polar surface area (TPSA) is 34.2 Å². The quantitative estimate of drug-likeness (QED) is 0.882. The van der Waals surface area contributed by atoms with Gasteiger partial charge < -0.3 is 10.1 Å². The summed E-state index contributed by atoms with van der Waals surface area (Å²) in [6.07, 6.45) is 4.52. The largest absolute Gasteiger partial charge is 0.371 e. The number of hydrogen-bond donors (Lipinski definition) is 1. The van der Waals surface area contributed by atoms with Crippen LogP contribution in [0.15, 0.2) is 6.20 Å². The molecule has 2 heterocycles. The summed E-state index contributed by atoms with van der Waals surface area (Å²) < 4.78 is 5.63. The Balaban J connectivity index is 1.91. The van der Waals surface area contributed by atoms with Crippen molar-refractivity contribution in [2.24, 2.45) is 0 Å². The van der Waals surface area contributed by atoms with Crippen molar-refractivity contribution in [3.63, 3.8) is 0 Å². The number of rotatable bonds is 3. The molecule has 0 spiro atoms. The summed E-state index contributed by atoms with van der Waals surface area (Å²) in [4.78, 5) is 5.74. The molecule has 0 aromatic carbocycles. The minimum Gasteiger partial charge on any atom is -0.371 e. The number of thiazole rings is 1. The monoisotopic (exact) mass is 240 g/mol. The highest BCUT2D eigenvalue weighted by atomic mass is 32.1. The lowest BCUT2D eigenvalue weighted by Crippen LogP contribution is -2.34. The predicted molar refractivity (Wildman–Crippen MR) is 66.6 cm³/mol. The summed E-state index contributed by atoms with van der Waals surface area (Å²) in [6.45, 7) is 8.31. The van der Waals surface area contributed by atoms with Gasteiger partial charge in [-0.25, -0.2) is 4.98 Å². The fourth-order valence-electron chi connectivity index (χ4n) is 1.68. The van der Waals surface area contributed by atoms with Crippen molar-refractivity contribution in [3.05, 3.63) is 16.1 Å². The average Bonchev–Trinajstić information content (AvgIpc) is 2.84. The van der Waals surface area contributed by atoms with E-state index in [1.54, 1.807) is 11.3 Å². The van der Waals surface area contributed by atoms with Crippen LogP contribution in [0.5, 0.6) is 0 Å². The Hall–Kier alpha value is -0.450. The molecule has 2 rings (SSSR count). The standard InChI is InChI=1S/C12H20N2OS/c1-12(2,3)14-8-9-7-13-11(16-9)10-5-4-6-15-10/h7,10,14H,4-6,8H2,1-3H3. The van der Waals surface area contributed by atoms with Gasteiger partial charge in [0.05, 0.1) is 0 Å². The van der Waals surface area contributed by atoms with Crippen LogP contribution in [0.4, 0.5) is 0 Å². The van der Waals surface area contributed by atoms with E-state index in [-0.39, 0.29) is 11.6 Å². The molecule has 3 nitrogen and oxygen atoms in total. The minimum atomic E-state index is 0.161. The van der Waals surface area contributed by atoms with E-state index in [4.69, 9.17) is 4.74 Å². The molecule has 1 N–H and O–H groups in total. The maximum Gasteiger partial charge on any atom is 0.122 e. The van der Waals surface area contributed by atoms with Crippen LogP contribution in [0.2, 0.25) is 0 Å². The van der Waals surface area contributed by atoms with Crippen molar-refractivity contribution in [3.8, 4) is 0 Å². The van der Waals surface area contributed by atoms with Gasteiger partial charge in [0.1, 0.15) is 11.1 Å². The van der Waals surface area contributed by atoms with Crippen LogP contribution >= 0.6 is 11.3 Å². The van der Waals surface area contributed by atoms with Crippen LogP contribution < -0.4 is 5.32 Å². The van der Waals surface area contributed by atoms with Gasteiger partial charge in [0.25, 0.3) is 0 Å². The zero-order valence-corrected chi connectivity index (χ0v) is 11.1. The SMILES string of the molecule is CC(C)(C)NCc1cnc(C2CCCO2)s1. The first kappa shape index (κ1) is 12.0. The highest BCUT2D eigenvalue weighted by Gasteiger charge is 2.21. The molecule has 1 fully saturated rings. The molecule has 1 aromatic rings. The van der Waals surface area contributed by atoms with Crippen LogP contribution in [0.1, 0.15) is 49.6 Å². The van der Waals surface area contributed by atoms with Crippen molar-refractivity contribution in [1.29, 1.82) is 0 Å². The average molecular weight is 240 g/mol. The summed E-state index contributed by atoms with van der Waals surface area (Å²) in [7, 11) is 0. The molecular weight excluding hydrogens is 220 g/mol. The van der Waals surface area contributed by atoms with Gasteiger partial charge in [0, 0.05) is 29.8 Å². The summed E-state index contributed by atoms with van der Waals surface area (Å²) in [6, 6.07) is 0. The van der Waals surface area contributed by atoms with E-state index >= 15 is 0 Å². The molecule has 1 saturated heterocycles. The Morgan fingerprint density at radius 2 is 2.38 bits per heavy atom. The number of nitrogens with one attached hydrogen (secondary N) is 1. The Morgan fingerprint density at radius 1 is 1.56 bits per heavy atom. The van der Waals surface area contributed by atoms with Crippen LogP contribution in [-0.2, 0) is 11.3 Å². The molecule has 4 heteroatoms. The van der Waals surface area contributed by atoms with E-state index < -0.39 is 0 Å². The fourth-order valence-corrected chi connectivity index (χ4v) is 2.62. The third kappa shape index (κ3) is 3.27. The van der Waals surface area contributed by atoms with Gasteiger partial charge in [-0.3, -0.25) is 0 Å². The third-order valence-corrected chi connectivity index (χ3v) is 3.66. The van der Waals surface area contributed by atoms with Crippen LogP contribution in [-0.4, -0.2) is 17.1 Å². The lowest BCUT2D eigenvalue weighted by molar-refractivity contribution is 0.111. The second-order valence-electron chi connectivity index (χ2n) is 5.27. The van der Waals surface area contributed by atoms with Crippen molar-refractivity contribution in [2.75, 3.05) is 6.61 Å². The first-order valence-corrected chi connectivity index (χ1v) is 6.67. The first-order chi connectivity index (χ1) is 7.54. The Bertz CT molecular complexity index is 337. The summed E-state index contributed by atoms with van der Waals surface area (Å²) in [5, 5.41) is 4.61. The number of hydrogen-bond acceptors (Lipinski definition) is 4. The molecule has 1 aliphatic heterocycles. The molecule has 1 aliphatic rings. The molecule has 0 radical (unpaired) electrons. The zero-order chi connectivity index (χ0) is 11.6. The van der Waals surface area contributed by atoms with E-state index in [9.17, 15) is 0 Å². The van der Waals surface area contributed by atoms with E-state index in [2.05, 4.69) is 31.1 Å². The maximum atomic E-state index is 5.63. The highest BCUT2D eigenvalue weighted by molar-refractivity contribution is 7.11. The van der Waals surface area contributed by atoms with Gasteiger partial charge in [0.2, 0.25) is 0 Å². The molecule has 0 amide bonds. The predicted octanol–water partition coefficient (Wildman–Crippen LogP) is 2.88. The Kier molecular flexibility index (Phi) is 3.62. The number of ether oxygens (including phenoxy) is 1. The third-order valence-electron chi connectivity index (χ3n) is 2.57. The lowest BCUT2D eigenvalue weighted by atomic mass is 10.1. The Labute approximate surface area is 101 Å². The van der Waals surface area contributed by atoms with E-state index in [1.165, 1.54) is 11.3 Å². The van der Waals surface area contributed by atoms with Gasteiger partial charge in [-0.1, -0.05) is 0 Å². The molecule has 0 bridgehead atoms. The molecule has 0 aliphatic carbocycles. The highest BCUT2D eigenvalue weighted by Crippen LogP contribution is 2.31. The van der Waals surface area contributed by atoms with E-state index in [0.717, 1.165) is 24.6 Å². The smallest absolute Gasteiger partial charge is 0.122 e. The molecular formula is C12H20N2OS. The van der Waals surface area contributed by atoms with E-state index in [1.807, 2.05) is 6.20 Å². The second kappa shape index (κ2) is 4.82. The lowest BCUT2D eigenvalue weighted by Gasteiger charge is -2.19. The summed E-state index contributed by atoms with van der Waals surface area (Å²) >= 11 is 1.77. The Morgan fingerprint density at radius 3 is 3.00 bits per heavy atom. The normalized spacial score (nSPS) is 21.6. The fraction of sp³-hybridized carbons (Fsp3) is 0.750. The van der Waals surface area contributed by atoms with Gasteiger partial charge in [-0.2, -0.15) is 0 Å². The number of aromatic nitrogens is 1. The zero-order valence-electron chi connectivity index (χ0n) is 10.2. The second-order valence-corrected chi connectivity index (χ2v) is 6.42. The molecule has 1 unspecified atom stereocenters. The van der Waals surface area contributed by atoms with Gasteiger partial charge in [-0.15, -0.1) is 11.3 Å². The molecule has 0 saturated carbocycles. The minimum absolute atomic E-state index is 0.161. The van der Waals surface area contributed by atoms with Crippen LogP contribution in [0, 0.1) is 0 Å². The van der Waals surface area contributed by atoms with E-state index in [0.29, 0.717) is 0 Å². The van der Waals surface area contributed by atoms with Gasteiger partial charge in [-0.05, 0) is 33.6 Å².